The zero-order valence-electron chi connectivity index (χ0n) is 11.3. The second kappa shape index (κ2) is 8.42. The normalized spacial score (nSPS) is 10.6. The average Bonchev–Trinajstić information content (AvgIpc) is 2.41. The second-order valence-corrected chi connectivity index (χ2v) is 4.45. The van der Waals surface area contributed by atoms with Gasteiger partial charge in [0.25, 0.3) is 0 Å². The Morgan fingerprint density at radius 1 is 1.30 bits per heavy atom. The summed E-state index contributed by atoms with van der Waals surface area (Å²) in [6, 6.07) is 3.29. The molecule has 110 valence electrons. The van der Waals surface area contributed by atoms with Gasteiger partial charge in [0.15, 0.2) is 18.1 Å². The van der Waals surface area contributed by atoms with Crippen molar-refractivity contribution in [2.75, 3.05) is 19.8 Å². The molecule has 0 bridgehead atoms. The quantitative estimate of drug-likeness (QED) is 0.355. The fourth-order valence-electron chi connectivity index (χ4n) is 1.43. The topological polar surface area (TPSA) is 77.4 Å². The van der Waals surface area contributed by atoms with Crippen LogP contribution in [0.15, 0.2) is 21.8 Å². The summed E-state index contributed by atoms with van der Waals surface area (Å²) in [6.07, 6.45) is 1.27. The van der Waals surface area contributed by atoms with Crippen LogP contribution in [0, 0.1) is 0 Å². The molecule has 0 aromatic heterocycles. The summed E-state index contributed by atoms with van der Waals surface area (Å²) in [7, 11) is 0. The molecule has 0 aliphatic rings. The van der Waals surface area contributed by atoms with Gasteiger partial charge in [-0.15, -0.1) is 0 Å². The summed E-state index contributed by atoms with van der Waals surface area (Å²) < 4.78 is 16.2. The van der Waals surface area contributed by atoms with E-state index in [2.05, 4.69) is 21.1 Å². The van der Waals surface area contributed by atoms with Crippen molar-refractivity contribution in [3.05, 3.63) is 22.2 Å². The highest BCUT2D eigenvalue weighted by molar-refractivity contribution is 9.10. The molecule has 1 aromatic rings. The van der Waals surface area contributed by atoms with Crippen LogP contribution in [0.3, 0.4) is 0 Å². The monoisotopic (exact) mass is 345 g/mol. The number of hydrogen-bond donors (Lipinski definition) is 1. The van der Waals surface area contributed by atoms with Crippen LogP contribution in [-0.2, 0) is 9.53 Å². The molecule has 0 atom stereocenters. The molecule has 0 saturated heterocycles. The minimum absolute atomic E-state index is 0.201. The lowest BCUT2D eigenvalue weighted by molar-refractivity contribution is -0.145. The van der Waals surface area contributed by atoms with Gasteiger partial charge in [0, 0.05) is 10.0 Å². The number of hydrogen-bond acceptors (Lipinski definition) is 6. The van der Waals surface area contributed by atoms with E-state index in [9.17, 15) is 4.79 Å². The van der Waals surface area contributed by atoms with Gasteiger partial charge in [0.05, 0.1) is 19.4 Å². The van der Waals surface area contributed by atoms with E-state index in [4.69, 9.17) is 19.4 Å². The van der Waals surface area contributed by atoms with E-state index in [1.165, 1.54) is 6.21 Å². The van der Waals surface area contributed by atoms with Crippen LogP contribution in [0.25, 0.3) is 0 Å². The Morgan fingerprint density at radius 3 is 2.60 bits per heavy atom. The average molecular weight is 346 g/mol. The van der Waals surface area contributed by atoms with Gasteiger partial charge in [0.1, 0.15) is 0 Å². The van der Waals surface area contributed by atoms with Crippen LogP contribution in [0.1, 0.15) is 19.4 Å². The predicted octanol–water partition coefficient (Wildman–Crippen LogP) is 2.60. The largest absolute Gasteiger partial charge is 0.490 e. The van der Waals surface area contributed by atoms with Crippen LogP contribution in [-0.4, -0.2) is 37.2 Å². The molecular formula is C13H16BrNO5. The number of oxime groups is 1. The fraction of sp³-hybridized carbons (Fsp3) is 0.385. The van der Waals surface area contributed by atoms with Crippen molar-refractivity contribution in [1.29, 1.82) is 0 Å². The first-order chi connectivity index (χ1) is 9.62. The van der Waals surface area contributed by atoms with Crippen LogP contribution in [0.2, 0.25) is 0 Å². The lowest BCUT2D eigenvalue weighted by atomic mass is 10.2. The number of carbonyl (C=O) groups is 1. The Hall–Kier alpha value is -1.76. The molecule has 0 amide bonds. The van der Waals surface area contributed by atoms with E-state index in [-0.39, 0.29) is 6.61 Å². The number of rotatable bonds is 7. The van der Waals surface area contributed by atoms with E-state index >= 15 is 0 Å². The predicted molar refractivity (Wildman–Crippen MR) is 76.8 cm³/mol. The first-order valence-corrected chi connectivity index (χ1v) is 6.83. The third-order valence-electron chi connectivity index (χ3n) is 2.21. The Balaban J connectivity index is 2.93. The molecule has 0 aliphatic heterocycles. The highest BCUT2D eigenvalue weighted by Gasteiger charge is 2.12. The molecule has 0 spiro atoms. The number of ether oxygens (including phenoxy) is 3. The van der Waals surface area contributed by atoms with E-state index in [1.54, 1.807) is 19.1 Å². The molecule has 0 aliphatic carbocycles. The number of carbonyl (C=O) groups excluding carboxylic acids is 1. The van der Waals surface area contributed by atoms with Gasteiger partial charge in [0.2, 0.25) is 0 Å². The molecule has 0 radical (unpaired) electrons. The Bertz CT molecular complexity index is 490. The molecule has 7 heteroatoms. The Labute approximate surface area is 125 Å². The molecule has 0 saturated carbocycles. The van der Waals surface area contributed by atoms with E-state index in [0.29, 0.717) is 34.7 Å². The molecule has 6 nitrogen and oxygen atoms in total. The summed E-state index contributed by atoms with van der Waals surface area (Å²) in [6.45, 7) is 4.09. The van der Waals surface area contributed by atoms with E-state index < -0.39 is 5.97 Å². The SMILES string of the molecule is CCOC(=O)COc1cc(Br)c(C=NO)cc1OCC. The summed E-state index contributed by atoms with van der Waals surface area (Å²) >= 11 is 3.32. The van der Waals surface area contributed by atoms with Crippen LogP contribution in [0.4, 0.5) is 0 Å². The smallest absolute Gasteiger partial charge is 0.344 e. The number of esters is 1. The number of halogens is 1. The Morgan fingerprint density at radius 2 is 2.00 bits per heavy atom. The molecule has 0 fully saturated rings. The van der Waals surface area contributed by atoms with Crippen molar-refractivity contribution in [1.82, 2.24) is 0 Å². The van der Waals surface area contributed by atoms with Gasteiger partial charge < -0.3 is 19.4 Å². The highest BCUT2D eigenvalue weighted by atomic mass is 79.9. The Kier molecular flexibility index (Phi) is 6.86. The van der Waals surface area contributed by atoms with Crippen molar-refractivity contribution in [2.24, 2.45) is 5.16 Å². The minimum Gasteiger partial charge on any atom is -0.490 e. The maximum atomic E-state index is 11.3. The summed E-state index contributed by atoms with van der Waals surface area (Å²) in [4.78, 5) is 11.3. The zero-order valence-corrected chi connectivity index (χ0v) is 12.8. The van der Waals surface area contributed by atoms with Crippen molar-refractivity contribution in [3.63, 3.8) is 0 Å². The van der Waals surface area contributed by atoms with Crippen molar-refractivity contribution < 1.29 is 24.2 Å². The standard InChI is InChI=1S/C13H16BrNO5/c1-3-18-11-5-9(7-15-17)10(14)6-12(11)20-8-13(16)19-4-2/h5-7,17H,3-4,8H2,1-2H3. The molecular weight excluding hydrogens is 330 g/mol. The van der Waals surface area contributed by atoms with Gasteiger partial charge >= 0.3 is 5.97 Å². The molecule has 0 heterocycles. The van der Waals surface area contributed by atoms with Gasteiger partial charge in [-0.05, 0) is 41.9 Å². The third kappa shape index (κ3) is 4.73. The molecule has 20 heavy (non-hydrogen) atoms. The van der Waals surface area contributed by atoms with Crippen molar-refractivity contribution in [2.45, 2.75) is 13.8 Å². The lowest BCUT2D eigenvalue weighted by Gasteiger charge is -2.13. The summed E-state index contributed by atoms with van der Waals surface area (Å²) in [5, 5.41) is 11.6. The van der Waals surface area contributed by atoms with Crippen LogP contribution < -0.4 is 9.47 Å². The number of benzene rings is 1. The zero-order chi connectivity index (χ0) is 15.0. The molecule has 0 unspecified atom stereocenters. The van der Waals surface area contributed by atoms with Crippen molar-refractivity contribution >= 4 is 28.1 Å². The van der Waals surface area contributed by atoms with Crippen LogP contribution in [0.5, 0.6) is 11.5 Å². The van der Waals surface area contributed by atoms with E-state index in [0.717, 1.165) is 0 Å². The van der Waals surface area contributed by atoms with Crippen molar-refractivity contribution in [3.8, 4) is 11.5 Å². The van der Waals surface area contributed by atoms with Gasteiger partial charge in [-0.1, -0.05) is 5.16 Å². The first-order valence-electron chi connectivity index (χ1n) is 6.04. The minimum atomic E-state index is -0.452. The second-order valence-electron chi connectivity index (χ2n) is 3.59. The highest BCUT2D eigenvalue weighted by Crippen LogP contribution is 2.33. The number of nitrogens with zero attached hydrogens (tertiary/aromatic N) is 1. The van der Waals surface area contributed by atoms with Gasteiger partial charge in [-0.3, -0.25) is 0 Å². The van der Waals surface area contributed by atoms with Gasteiger partial charge in [-0.25, -0.2) is 4.79 Å². The van der Waals surface area contributed by atoms with Crippen LogP contribution >= 0.6 is 15.9 Å². The third-order valence-corrected chi connectivity index (χ3v) is 2.90. The molecule has 1 rings (SSSR count). The van der Waals surface area contributed by atoms with Gasteiger partial charge in [-0.2, -0.15) is 0 Å². The maximum Gasteiger partial charge on any atom is 0.344 e. The fourth-order valence-corrected chi connectivity index (χ4v) is 1.86. The summed E-state index contributed by atoms with van der Waals surface area (Å²) in [5.74, 6) is 0.406. The molecule has 1 N–H and O–H groups in total. The lowest BCUT2D eigenvalue weighted by Crippen LogP contribution is -2.15. The maximum absolute atomic E-state index is 11.3. The molecule has 1 aromatic carbocycles. The summed E-state index contributed by atoms with van der Waals surface area (Å²) in [5.41, 5.74) is 0.624. The van der Waals surface area contributed by atoms with E-state index in [1.807, 2.05) is 6.92 Å². The first kappa shape index (κ1) is 16.3.